The number of urea groups is 1. The number of carbonyl (C=O) groups is 1. The molecule has 1 aromatic rings. The van der Waals surface area contributed by atoms with Crippen LogP contribution in [0.1, 0.15) is 32.4 Å². The lowest BCUT2D eigenvalue weighted by molar-refractivity contribution is 0.0164. The van der Waals surface area contributed by atoms with E-state index in [9.17, 15) is 18.7 Å². The fourth-order valence-corrected chi connectivity index (χ4v) is 1.79. The topological polar surface area (TPSA) is 70.6 Å². The summed E-state index contributed by atoms with van der Waals surface area (Å²) < 4.78 is 31.3. The van der Waals surface area contributed by atoms with Crippen LogP contribution in [0.2, 0.25) is 0 Å². The summed E-state index contributed by atoms with van der Waals surface area (Å²) in [5, 5.41) is 15.3. The minimum Gasteiger partial charge on any atom is -0.388 e. The van der Waals surface area contributed by atoms with Crippen molar-refractivity contribution in [1.82, 2.24) is 10.6 Å². The number of nitrogens with one attached hydrogen (secondary N) is 2. The van der Waals surface area contributed by atoms with Crippen molar-refractivity contribution in [2.45, 2.75) is 32.4 Å². The van der Waals surface area contributed by atoms with Crippen LogP contribution in [0.5, 0.6) is 0 Å². The quantitative estimate of drug-likeness (QED) is 0.719. The molecule has 0 aromatic heterocycles. The SMILES string of the molecule is COCC(NC(=O)NCC(C)(O)C(C)C)c1ccc(F)c(F)c1. The predicted molar refractivity (Wildman–Crippen MR) is 83.0 cm³/mol. The van der Waals surface area contributed by atoms with E-state index in [1.165, 1.54) is 13.2 Å². The number of hydrogen-bond donors (Lipinski definition) is 3. The number of rotatable bonds is 7. The molecule has 1 aromatic carbocycles. The molecule has 0 aliphatic heterocycles. The minimum absolute atomic E-state index is 0.0382. The summed E-state index contributed by atoms with van der Waals surface area (Å²) in [6, 6.07) is 2.23. The molecule has 0 fully saturated rings. The molecule has 130 valence electrons. The summed E-state index contributed by atoms with van der Waals surface area (Å²) in [5.41, 5.74) is -0.660. The number of ether oxygens (including phenoxy) is 1. The normalized spacial score (nSPS) is 15.1. The van der Waals surface area contributed by atoms with Crippen LogP contribution >= 0.6 is 0 Å². The van der Waals surface area contributed by atoms with Crippen LogP contribution in [-0.2, 0) is 4.74 Å². The van der Waals surface area contributed by atoms with Crippen molar-refractivity contribution < 1.29 is 23.4 Å². The molecule has 2 amide bonds. The molecular formula is C16H24F2N2O3. The molecule has 0 radical (unpaired) electrons. The van der Waals surface area contributed by atoms with Crippen molar-refractivity contribution in [1.29, 1.82) is 0 Å². The van der Waals surface area contributed by atoms with E-state index in [0.717, 1.165) is 12.1 Å². The van der Waals surface area contributed by atoms with Crippen molar-refractivity contribution in [3.8, 4) is 0 Å². The third kappa shape index (κ3) is 5.76. The largest absolute Gasteiger partial charge is 0.388 e. The molecule has 0 saturated heterocycles. The Bertz CT molecular complexity index is 536. The number of carbonyl (C=O) groups excluding carboxylic acids is 1. The van der Waals surface area contributed by atoms with E-state index >= 15 is 0 Å². The van der Waals surface area contributed by atoms with E-state index < -0.39 is 29.3 Å². The highest BCUT2D eigenvalue weighted by atomic mass is 19.2. The number of halogens is 2. The molecule has 0 heterocycles. The lowest BCUT2D eigenvalue weighted by Gasteiger charge is -2.28. The predicted octanol–water partition coefficient (Wildman–Crippen LogP) is 2.36. The molecular weight excluding hydrogens is 306 g/mol. The lowest BCUT2D eigenvalue weighted by atomic mass is 9.93. The number of methoxy groups -OCH3 is 1. The summed E-state index contributed by atoms with van der Waals surface area (Å²) in [5.74, 6) is -1.99. The Morgan fingerprint density at radius 3 is 2.52 bits per heavy atom. The van der Waals surface area contributed by atoms with Crippen molar-refractivity contribution in [2.75, 3.05) is 20.3 Å². The fourth-order valence-electron chi connectivity index (χ4n) is 1.79. The van der Waals surface area contributed by atoms with E-state index in [4.69, 9.17) is 4.74 Å². The lowest BCUT2D eigenvalue weighted by Crippen LogP contribution is -2.48. The molecule has 0 spiro atoms. The molecule has 0 saturated carbocycles. The van der Waals surface area contributed by atoms with Gasteiger partial charge in [0.2, 0.25) is 0 Å². The van der Waals surface area contributed by atoms with Gasteiger partial charge >= 0.3 is 6.03 Å². The fraction of sp³-hybridized carbons (Fsp3) is 0.562. The number of amides is 2. The van der Waals surface area contributed by atoms with Gasteiger partial charge in [0.05, 0.1) is 18.2 Å². The molecule has 0 aliphatic carbocycles. The second kappa shape index (κ2) is 8.21. The van der Waals surface area contributed by atoms with Crippen molar-refractivity contribution in [3.63, 3.8) is 0 Å². The standard InChI is InChI=1S/C16H24F2N2O3/c1-10(2)16(3,22)9-19-15(21)20-14(8-23-4)11-5-6-12(17)13(18)7-11/h5-7,10,14,22H,8-9H2,1-4H3,(H2,19,20,21). The van der Waals surface area contributed by atoms with Crippen LogP contribution in [-0.4, -0.2) is 37.0 Å². The van der Waals surface area contributed by atoms with Crippen LogP contribution in [0.25, 0.3) is 0 Å². The Morgan fingerprint density at radius 1 is 1.35 bits per heavy atom. The van der Waals surface area contributed by atoms with Gasteiger partial charge in [0.15, 0.2) is 11.6 Å². The third-order valence-electron chi connectivity index (χ3n) is 3.84. The highest BCUT2D eigenvalue weighted by Crippen LogP contribution is 2.17. The van der Waals surface area contributed by atoms with Gasteiger partial charge in [-0.3, -0.25) is 0 Å². The van der Waals surface area contributed by atoms with Gasteiger partial charge in [-0.25, -0.2) is 13.6 Å². The van der Waals surface area contributed by atoms with Gasteiger partial charge in [0.1, 0.15) is 0 Å². The molecule has 7 heteroatoms. The summed E-state index contributed by atoms with van der Waals surface area (Å²) in [6.45, 7) is 5.47. The monoisotopic (exact) mass is 330 g/mol. The second-order valence-corrected chi connectivity index (χ2v) is 6.02. The van der Waals surface area contributed by atoms with E-state index in [0.29, 0.717) is 5.56 Å². The smallest absolute Gasteiger partial charge is 0.315 e. The van der Waals surface area contributed by atoms with Gasteiger partial charge < -0.3 is 20.5 Å². The van der Waals surface area contributed by atoms with E-state index in [1.807, 2.05) is 13.8 Å². The first-order chi connectivity index (χ1) is 10.7. The zero-order chi connectivity index (χ0) is 17.6. The Kier molecular flexibility index (Phi) is 6.90. The maximum atomic E-state index is 13.3. The first kappa shape index (κ1) is 19.3. The number of aliphatic hydroxyl groups is 1. The number of hydrogen-bond acceptors (Lipinski definition) is 3. The molecule has 2 atom stereocenters. The minimum atomic E-state index is -1.05. The van der Waals surface area contributed by atoms with Gasteiger partial charge in [-0.15, -0.1) is 0 Å². The van der Waals surface area contributed by atoms with Crippen molar-refractivity contribution >= 4 is 6.03 Å². The van der Waals surface area contributed by atoms with Crippen LogP contribution in [0.3, 0.4) is 0 Å². The summed E-state index contributed by atoms with van der Waals surface area (Å²) in [4.78, 5) is 12.0. The van der Waals surface area contributed by atoms with Gasteiger partial charge in [-0.1, -0.05) is 19.9 Å². The van der Waals surface area contributed by atoms with Crippen LogP contribution in [0.4, 0.5) is 13.6 Å². The molecule has 1 rings (SSSR count). The highest BCUT2D eigenvalue weighted by molar-refractivity contribution is 5.74. The average Bonchev–Trinajstić information content (AvgIpc) is 2.47. The van der Waals surface area contributed by atoms with Crippen LogP contribution < -0.4 is 10.6 Å². The van der Waals surface area contributed by atoms with Gasteiger partial charge in [-0.2, -0.15) is 0 Å². The van der Waals surface area contributed by atoms with Crippen LogP contribution in [0.15, 0.2) is 18.2 Å². The van der Waals surface area contributed by atoms with Crippen molar-refractivity contribution in [2.24, 2.45) is 5.92 Å². The van der Waals surface area contributed by atoms with Gasteiger partial charge in [-0.05, 0) is 30.5 Å². The highest BCUT2D eigenvalue weighted by Gasteiger charge is 2.26. The zero-order valence-corrected chi connectivity index (χ0v) is 13.8. The molecule has 0 aliphatic rings. The maximum absolute atomic E-state index is 13.3. The first-order valence-electron chi connectivity index (χ1n) is 7.38. The Hall–Kier alpha value is -1.73. The number of benzene rings is 1. The van der Waals surface area contributed by atoms with E-state index in [-0.39, 0.29) is 19.1 Å². The van der Waals surface area contributed by atoms with Crippen LogP contribution in [0, 0.1) is 17.6 Å². The molecule has 2 unspecified atom stereocenters. The Morgan fingerprint density at radius 2 is 2.00 bits per heavy atom. The van der Waals surface area contributed by atoms with Gasteiger partial charge in [0, 0.05) is 13.7 Å². The molecule has 3 N–H and O–H groups in total. The Balaban J connectivity index is 2.72. The second-order valence-electron chi connectivity index (χ2n) is 6.02. The van der Waals surface area contributed by atoms with Crippen molar-refractivity contribution in [3.05, 3.63) is 35.4 Å². The summed E-state index contributed by atoms with van der Waals surface area (Å²) in [6.07, 6.45) is 0. The maximum Gasteiger partial charge on any atom is 0.315 e. The van der Waals surface area contributed by atoms with E-state index in [1.54, 1.807) is 6.92 Å². The summed E-state index contributed by atoms with van der Waals surface area (Å²) in [7, 11) is 1.44. The molecule has 23 heavy (non-hydrogen) atoms. The summed E-state index contributed by atoms with van der Waals surface area (Å²) >= 11 is 0. The first-order valence-corrected chi connectivity index (χ1v) is 7.38. The molecule has 0 bridgehead atoms. The average molecular weight is 330 g/mol. The Labute approximate surface area is 135 Å². The van der Waals surface area contributed by atoms with Gasteiger partial charge in [0.25, 0.3) is 0 Å². The zero-order valence-electron chi connectivity index (χ0n) is 13.8. The molecule has 5 nitrogen and oxygen atoms in total. The third-order valence-corrected chi connectivity index (χ3v) is 3.84. The van der Waals surface area contributed by atoms with E-state index in [2.05, 4.69) is 10.6 Å².